The highest BCUT2D eigenvalue weighted by molar-refractivity contribution is 5.81. The number of halogens is 2. The van der Waals surface area contributed by atoms with Crippen molar-refractivity contribution in [3.63, 3.8) is 0 Å². The summed E-state index contributed by atoms with van der Waals surface area (Å²) in [7, 11) is 1.38. The second-order valence-electron chi connectivity index (χ2n) is 5.17. The van der Waals surface area contributed by atoms with Gasteiger partial charge in [-0.25, -0.2) is 0 Å². The normalized spacial score (nSPS) is 12.4. The fourth-order valence-corrected chi connectivity index (χ4v) is 1.82. The summed E-state index contributed by atoms with van der Waals surface area (Å²) in [5.41, 5.74) is 6.47. The first-order valence-corrected chi connectivity index (χ1v) is 7.00. The van der Waals surface area contributed by atoms with Gasteiger partial charge in [-0.2, -0.15) is 8.78 Å². The Morgan fingerprint density at radius 1 is 1.32 bits per heavy atom. The molecule has 0 fully saturated rings. The first kappa shape index (κ1) is 18.2. The predicted octanol–water partition coefficient (Wildman–Crippen LogP) is 1.94. The maximum atomic E-state index is 12.3. The lowest BCUT2D eigenvalue weighted by Gasteiger charge is -2.15. The van der Waals surface area contributed by atoms with E-state index in [2.05, 4.69) is 10.1 Å². The lowest BCUT2D eigenvalue weighted by Crippen LogP contribution is -2.44. The number of benzene rings is 1. The molecule has 0 unspecified atom stereocenters. The van der Waals surface area contributed by atoms with Crippen molar-refractivity contribution in [2.75, 3.05) is 13.7 Å². The third-order valence-corrected chi connectivity index (χ3v) is 3.18. The predicted molar refractivity (Wildman–Crippen MR) is 79.2 cm³/mol. The number of nitrogens with two attached hydrogens (primary N) is 1. The van der Waals surface area contributed by atoms with Gasteiger partial charge in [0.2, 0.25) is 5.91 Å². The maximum absolute atomic E-state index is 12.3. The molecule has 0 aliphatic heterocycles. The van der Waals surface area contributed by atoms with E-state index in [0.717, 1.165) is 5.56 Å². The van der Waals surface area contributed by atoms with Gasteiger partial charge in [0.05, 0.1) is 13.2 Å². The van der Waals surface area contributed by atoms with E-state index in [9.17, 15) is 13.6 Å². The number of hydrogen-bond acceptors (Lipinski definition) is 4. The molecule has 0 aliphatic carbocycles. The Kier molecular flexibility index (Phi) is 7.04. The summed E-state index contributed by atoms with van der Waals surface area (Å²) in [5, 5.41) is 2.72. The highest BCUT2D eigenvalue weighted by Crippen LogP contribution is 2.29. The fourth-order valence-electron chi connectivity index (χ4n) is 1.82. The molecule has 0 radical (unpaired) electrons. The number of methoxy groups -OCH3 is 1. The molecule has 1 atom stereocenters. The van der Waals surface area contributed by atoms with Crippen LogP contribution in [0.4, 0.5) is 8.78 Å². The highest BCUT2D eigenvalue weighted by atomic mass is 19.3. The van der Waals surface area contributed by atoms with Crippen LogP contribution in [0, 0.1) is 5.92 Å². The van der Waals surface area contributed by atoms with E-state index in [1.807, 2.05) is 13.8 Å². The summed E-state index contributed by atoms with van der Waals surface area (Å²) in [6.45, 7) is 1.16. The van der Waals surface area contributed by atoms with E-state index >= 15 is 0 Å². The molecule has 0 aliphatic rings. The average molecular weight is 316 g/mol. The smallest absolute Gasteiger partial charge is 0.387 e. The van der Waals surface area contributed by atoms with Gasteiger partial charge >= 0.3 is 6.61 Å². The first-order chi connectivity index (χ1) is 10.3. The topological polar surface area (TPSA) is 73.6 Å². The molecule has 0 saturated carbocycles. The standard InChI is InChI=1S/C15H22F2N2O3/c1-9(2)13(18)14(20)19-7-6-10-4-5-11(21-3)12(8-10)22-15(16)17/h4-5,8-9,13,15H,6-7,18H2,1-3H3,(H,19,20)/t13-/m0/s1. The van der Waals surface area contributed by atoms with E-state index < -0.39 is 12.7 Å². The molecule has 124 valence electrons. The number of carbonyl (C=O) groups excluding carboxylic acids is 1. The van der Waals surface area contributed by atoms with Crippen LogP contribution in [-0.4, -0.2) is 32.2 Å². The molecule has 1 rings (SSSR count). The second kappa shape index (κ2) is 8.53. The van der Waals surface area contributed by atoms with Gasteiger partial charge in [0, 0.05) is 6.54 Å². The summed E-state index contributed by atoms with van der Waals surface area (Å²) in [6, 6.07) is 4.19. The van der Waals surface area contributed by atoms with Crippen molar-refractivity contribution in [1.29, 1.82) is 0 Å². The molecular formula is C15H22F2N2O3. The van der Waals surface area contributed by atoms with Crippen molar-refractivity contribution >= 4 is 5.91 Å². The number of ether oxygens (including phenoxy) is 2. The van der Waals surface area contributed by atoms with Crippen molar-refractivity contribution in [1.82, 2.24) is 5.32 Å². The molecule has 0 saturated heterocycles. The molecule has 0 aromatic heterocycles. The zero-order chi connectivity index (χ0) is 16.7. The highest BCUT2D eigenvalue weighted by Gasteiger charge is 2.16. The average Bonchev–Trinajstić information content (AvgIpc) is 2.45. The third kappa shape index (κ3) is 5.48. The Morgan fingerprint density at radius 3 is 2.55 bits per heavy atom. The van der Waals surface area contributed by atoms with E-state index in [0.29, 0.717) is 13.0 Å². The van der Waals surface area contributed by atoms with Gasteiger partial charge in [-0.15, -0.1) is 0 Å². The molecule has 1 aromatic carbocycles. The first-order valence-electron chi connectivity index (χ1n) is 7.00. The lowest BCUT2D eigenvalue weighted by molar-refractivity contribution is -0.123. The van der Waals surface area contributed by atoms with E-state index in [4.69, 9.17) is 10.5 Å². The summed E-state index contributed by atoms with van der Waals surface area (Å²) in [4.78, 5) is 11.7. The summed E-state index contributed by atoms with van der Waals surface area (Å²) in [5.74, 6) is 0.0229. The van der Waals surface area contributed by atoms with Crippen LogP contribution < -0.4 is 20.5 Å². The SMILES string of the molecule is COc1ccc(CCNC(=O)[C@@H](N)C(C)C)cc1OC(F)F. The molecule has 22 heavy (non-hydrogen) atoms. The zero-order valence-corrected chi connectivity index (χ0v) is 12.9. The number of alkyl halides is 2. The van der Waals surface area contributed by atoms with Crippen LogP contribution in [0.2, 0.25) is 0 Å². The number of hydrogen-bond donors (Lipinski definition) is 2. The van der Waals surface area contributed by atoms with Crippen LogP contribution >= 0.6 is 0 Å². The van der Waals surface area contributed by atoms with Crippen molar-refractivity contribution in [3.05, 3.63) is 23.8 Å². The zero-order valence-electron chi connectivity index (χ0n) is 12.9. The molecule has 5 nitrogen and oxygen atoms in total. The Bertz CT molecular complexity index is 496. The Labute approximate surface area is 128 Å². The van der Waals surface area contributed by atoms with Crippen LogP contribution in [0.3, 0.4) is 0 Å². The fraction of sp³-hybridized carbons (Fsp3) is 0.533. The van der Waals surface area contributed by atoms with Gasteiger partial charge in [0.15, 0.2) is 11.5 Å². The summed E-state index contributed by atoms with van der Waals surface area (Å²) in [6.07, 6.45) is 0.472. The molecule has 7 heteroatoms. The Balaban J connectivity index is 2.61. The number of nitrogens with one attached hydrogen (secondary N) is 1. The van der Waals surface area contributed by atoms with Crippen molar-refractivity contribution in [2.45, 2.75) is 32.9 Å². The van der Waals surface area contributed by atoms with E-state index in [-0.39, 0.29) is 23.3 Å². The van der Waals surface area contributed by atoms with Crippen molar-refractivity contribution < 1.29 is 23.0 Å². The van der Waals surface area contributed by atoms with Gasteiger partial charge in [0.1, 0.15) is 0 Å². The lowest BCUT2D eigenvalue weighted by atomic mass is 10.0. The van der Waals surface area contributed by atoms with Crippen LogP contribution in [0.5, 0.6) is 11.5 Å². The Hall–Kier alpha value is -1.89. The van der Waals surface area contributed by atoms with Gasteiger partial charge < -0.3 is 20.5 Å². The maximum Gasteiger partial charge on any atom is 0.387 e. The minimum atomic E-state index is -2.92. The largest absolute Gasteiger partial charge is 0.493 e. The second-order valence-corrected chi connectivity index (χ2v) is 5.17. The molecule has 0 spiro atoms. The van der Waals surface area contributed by atoms with Crippen LogP contribution in [0.15, 0.2) is 18.2 Å². The van der Waals surface area contributed by atoms with Gasteiger partial charge in [-0.05, 0) is 30.0 Å². The monoisotopic (exact) mass is 316 g/mol. The van der Waals surface area contributed by atoms with Crippen LogP contribution in [0.1, 0.15) is 19.4 Å². The number of rotatable bonds is 8. The summed E-state index contributed by atoms with van der Waals surface area (Å²) < 4.78 is 34.0. The molecule has 1 aromatic rings. The molecular weight excluding hydrogens is 294 g/mol. The molecule has 0 heterocycles. The van der Waals surface area contributed by atoms with E-state index in [1.54, 1.807) is 12.1 Å². The third-order valence-electron chi connectivity index (χ3n) is 3.18. The molecule has 0 bridgehead atoms. The van der Waals surface area contributed by atoms with E-state index in [1.165, 1.54) is 13.2 Å². The quantitative estimate of drug-likeness (QED) is 0.769. The van der Waals surface area contributed by atoms with Crippen LogP contribution in [0.25, 0.3) is 0 Å². The summed E-state index contributed by atoms with van der Waals surface area (Å²) >= 11 is 0. The molecule has 1 amide bonds. The number of carbonyl (C=O) groups is 1. The van der Waals surface area contributed by atoms with Gasteiger partial charge in [0.25, 0.3) is 0 Å². The molecule has 3 N–H and O–H groups in total. The van der Waals surface area contributed by atoms with Crippen LogP contribution in [-0.2, 0) is 11.2 Å². The minimum Gasteiger partial charge on any atom is -0.493 e. The number of amides is 1. The van der Waals surface area contributed by atoms with Crippen molar-refractivity contribution in [3.8, 4) is 11.5 Å². The minimum absolute atomic E-state index is 0.0276. The van der Waals surface area contributed by atoms with Gasteiger partial charge in [-0.3, -0.25) is 4.79 Å². The van der Waals surface area contributed by atoms with Crippen molar-refractivity contribution in [2.24, 2.45) is 11.7 Å². The van der Waals surface area contributed by atoms with Gasteiger partial charge in [-0.1, -0.05) is 19.9 Å². The Morgan fingerprint density at radius 2 is 2.00 bits per heavy atom.